The Bertz CT molecular complexity index is 247. The molecule has 68 valence electrons. The van der Waals surface area contributed by atoms with Crippen LogP contribution in [-0.2, 0) is 5.92 Å². The quantitative estimate of drug-likeness (QED) is 0.612. The Labute approximate surface area is 68.6 Å². The van der Waals surface area contributed by atoms with Gasteiger partial charge in [-0.25, -0.2) is 0 Å². The van der Waals surface area contributed by atoms with Gasteiger partial charge in [0.15, 0.2) is 0 Å². The molecule has 0 atom stereocenters. The fourth-order valence-corrected chi connectivity index (χ4v) is 1.32. The van der Waals surface area contributed by atoms with Crippen LogP contribution in [0.5, 0.6) is 0 Å². The zero-order valence-corrected chi connectivity index (χ0v) is 6.35. The Morgan fingerprint density at radius 3 is 2.00 bits per heavy atom. The third kappa shape index (κ3) is 1.43. The van der Waals surface area contributed by atoms with E-state index in [-0.39, 0.29) is 0 Å². The second-order valence-electron chi connectivity index (χ2n) is 2.05. The van der Waals surface area contributed by atoms with Crippen molar-refractivity contribution in [3.63, 3.8) is 0 Å². The van der Waals surface area contributed by atoms with E-state index in [1.807, 2.05) is 0 Å². The van der Waals surface area contributed by atoms with Crippen molar-refractivity contribution in [2.45, 2.75) is 12.1 Å². The Morgan fingerprint density at radius 2 is 1.67 bits per heavy atom. The molecule has 12 heavy (non-hydrogen) atoms. The van der Waals surface area contributed by atoms with E-state index < -0.39 is 17.0 Å². The number of halogens is 5. The summed E-state index contributed by atoms with van der Waals surface area (Å²) in [4.78, 5) is -0.977. The Kier molecular flexibility index (Phi) is 2.11. The van der Waals surface area contributed by atoms with Crippen molar-refractivity contribution in [1.82, 2.24) is 0 Å². The lowest BCUT2D eigenvalue weighted by atomic mass is 10.3. The van der Waals surface area contributed by atoms with Crippen LogP contribution in [0.1, 0.15) is 4.88 Å². The van der Waals surface area contributed by atoms with Crippen molar-refractivity contribution >= 4 is 11.3 Å². The van der Waals surface area contributed by atoms with E-state index in [1.54, 1.807) is 0 Å². The normalized spacial score (nSPS) is 13.4. The monoisotopic (exact) mass is 202 g/mol. The van der Waals surface area contributed by atoms with Gasteiger partial charge in [0.25, 0.3) is 0 Å². The molecule has 1 aromatic rings. The van der Waals surface area contributed by atoms with Gasteiger partial charge >= 0.3 is 12.1 Å². The minimum Gasteiger partial charge on any atom is -0.190 e. The van der Waals surface area contributed by atoms with E-state index in [1.165, 1.54) is 5.38 Å². The van der Waals surface area contributed by atoms with Crippen LogP contribution in [0.15, 0.2) is 17.5 Å². The number of hydrogen-bond donors (Lipinski definition) is 0. The highest BCUT2D eigenvalue weighted by Gasteiger charge is 2.59. The minimum atomic E-state index is -5.50. The van der Waals surface area contributed by atoms with Crippen molar-refractivity contribution in [2.24, 2.45) is 0 Å². The summed E-state index contributed by atoms with van der Waals surface area (Å²) >= 11 is 0.387. The first-order valence-corrected chi connectivity index (χ1v) is 3.72. The van der Waals surface area contributed by atoms with E-state index >= 15 is 0 Å². The van der Waals surface area contributed by atoms with Crippen LogP contribution < -0.4 is 0 Å². The first-order valence-electron chi connectivity index (χ1n) is 2.84. The molecule has 0 amide bonds. The smallest absolute Gasteiger partial charge is 0.190 e. The number of thiophene rings is 1. The maximum absolute atomic E-state index is 12.4. The number of rotatable bonds is 1. The lowest BCUT2D eigenvalue weighted by Gasteiger charge is -2.17. The van der Waals surface area contributed by atoms with Crippen molar-refractivity contribution in [3.05, 3.63) is 22.4 Å². The van der Waals surface area contributed by atoms with E-state index in [4.69, 9.17) is 0 Å². The summed E-state index contributed by atoms with van der Waals surface area (Å²) in [7, 11) is 0. The summed E-state index contributed by atoms with van der Waals surface area (Å²) in [6.07, 6.45) is -5.50. The van der Waals surface area contributed by atoms with Gasteiger partial charge in [0.1, 0.15) is 0 Å². The second-order valence-corrected chi connectivity index (χ2v) is 3.00. The molecule has 0 radical (unpaired) electrons. The van der Waals surface area contributed by atoms with Gasteiger partial charge in [-0.15, -0.1) is 11.3 Å². The molecule has 0 fully saturated rings. The molecule has 0 N–H and O–H groups in total. The SMILES string of the molecule is FC(F)(F)C(F)(F)c1cccs1. The van der Waals surface area contributed by atoms with Gasteiger partial charge in [-0.05, 0) is 11.4 Å². The first-order chi connectivity index (χ1) is 5.36. The lowest BCUT2D eigenvalue weighted by Crippen LogP contribution is -2.32. The second kappa shape index (κ2) is 2.69. The van der Waals surface area contributed by atoms with Crippen LogP contribution in [0.3, 0.4) is 0 Å². The largest absolute Gasteiger partial charge is 0.458 e. The predicted molar refractivity (Wildman–Crippen MR) is 34.3 cm³/mol. The molecule has 0 spiro atoms. The van der Waals surface area contributed by atoms with Gasteiger partial charge in [0.2, 0.25) is 0 Å². The molecule has 0 nitrogen and oxygen atoms in total. The third-order valence-electron chi connectivity index (χ3n) is 1.19. The number of hydrogen-bond acceptors (Lipinski definition) is 1. The van der Waals surface area contributed by atoms with Crippen molar-refractivity contribution in [1.29, 1.82) is 0 Å². The van der Waals surface area contributed by atoms with Crippen LogP contribution in [-0.4, -0.2) is 6.18 Å². The van der Waals surface area contributed by atoms with Crippen LogP contribution in [0, 0.1) is 0 Å². The molecule has 6 heteroatoms. The fourth-order valence-electron chi connectivity index (χ4n) is 0.597. The van der Waals surface area contributed by atoms with E-state index in [9.17, 15) is 22.0 Å². The van der Waals surface area contributed by atoms with Crippen molar-refractivity contribution < 1.29 is 22.0 Å². The van der Waals surface area contributed by atoms with Gasteiger partial charge in [0, 0.05) is 0 Å². The molecule has 0 saturated heterocycles. The molecule has 1 rings (SSSR count). The first kappa shape index (κ1) is 9.44. The van der Waals surface area contributed by atoms with E-state index in [2.05, 4.69) is 0 Å². The summed E-state index contributed by atoms with van der Waals surface area (Å²) in [5.41, 5.74) is 0. The van der Waals surface area contributed by atoms with Gasteiger partial charge in [-0.3, -0.25) is 0 Å². The van der Waals surface area contributed by atoms with Crippen LogP contribution >= 0.6 is 11.3 Å². The highest BCUT2D eigenvalue weighted by Crippen LogP contribution is 2.45. The zero-order valence-electron chi connectivity index (χ0n) is 5.53. The average Bonchev–Trinajstić information content (AvgIpc) is 2.34. The van der Waals surface area contributed by atoms with Crippen molar-refractivity contribution in [2.75, 3.05) is 0 Å². The van der Waals surface area contributed by atoms with Gasteiger partial charge in [-0.2, -0.15) is 22.0 Å². The summed E-state index contributed by atoms with van der Waals surface area (Å²) in [6, 6.07) is 1.91. The maximum Gasteiger partial charge on any atom is 0.458 e. The molecule has 0 aromatic carbocycles. The van der Waals surface area contributed by atoms with Crippen LogP contribution in [0.2, 0.25) is 0 Å². The highest BCUT2D eigenvalue weighted by molar-refractivity contribution is 7.10. The average molecular weight is 202 g/mol. The van der Waals surface area contributed by atoms with Gasteiger partial charge < -0.3 is 0 Å². The maximum atomic E-state index is 12.4. The Morgan fingerprint density at radius 1 is 1.08 bits per heavy atom. The summed E-state index contributed by atoms with van der Waals surface area (Å²) in [5.74, 6) is -4.72. The Balaban J connectivity index is 3.02. The Hall–Kier alpha value is -0.650. The molecular weight excluding hydrogens is 199 g/mol. The zero-order chi connectivity index (χ0) is 9.41. The lowest BCUT2D eigenvalue weighted by molar-refractivity contribution is -0.287. The molecular formula is C6H3F5S. The molecule has 0 unspecified atom stereocenters. The van der Waals surface area contributed by atoms with Crippen LogP contribution in [0.4, 0.5) is 22.0 Å². The molecule has 1 heterocycles. The summed E-state index contributed by atoms with van der Waals surface area (Å²) in [6.45, 7) is 0. The topological polar surface area (TPSA) is 0 Å². The van der Waals surface area contributed by atoms with Crippen molar-refractivity contribution in [3.8, 4) is 0 Å². The summed E-state index contributed by atoms with van der Waals surface area (Å²) < 4.78 is 59.7. The molecule has 0 aliphatic heterocycles. The molecule has 0 saturated carbocycles. The predicted octanol–water partition coefficient (Wildman–Crippen LogP) is 3.40. The highest BCUT2D eigenvalue weighted by atomic mass is 32.1. The molecule has 0 aliphatic rings. The molecule has 0 aliphatic carbocycles. The third-order valence-corrected chi connectivity index (χ3v) is 2.13. The molecule has 0 bridgehead atoms. The van der Waals surface area contributed by atoms with E-state index in [0.717, 1.165) is 12.1 Å². The standard InChI is InChI=1S/C6H3F5S/c7-5(8,6(9,10)11)4-2-1-3-12-4/h1-3H. The summed E-state index contributed by atoms with van der Waals surface area (Å²) in [5, 5.41) is 1.18. The fraction of sp³-hybridized carbons (Fsp3) is 0.333. The van der Waals surface area contributed by atoms with E-state index in [0.29, 0.717) is 11.3 Å². The van der Waals surface area contributed by atoms with Crippen LogP contribution in [0.25, 0.3) is 0 Å². The minimum absolute atomic E-state index is 0.387. The van der Waals surface area contributed by atoms with Gasteiger partial charge in [-0.1, -0.05) is 6.07 Å². The molecule has 1 aromatic heterocycles. The van der Waals surface area contributed by atoms with Gasteiger partial charge in [0.05, 0.1) is 4.88 Å². The number of alkyl halides is 5.